The van der Waals surface area contributed by atoms with Gasteiger partial charge >= 0.3 is 0 Å². The van der Waals surface area contributed by atoms with E-state index in [0.717, 1.165) is 23.4 Å². The van der Waals surface area contributed by atoms with Gasteiger partial charge < -0.3 is 10.6 Å². The Balaban J connectivity index is 1.34. The standard InChI is InChI=1S/C24H24N6O2S/c1-16-14-17(2)30-23(26-16)28-24(29-30)33-15-21(31)27-20-11-7-6-10-19(20)22(32)25-13-12-18-8-4-3-5-9-18/h3-11,14H,12-13,15H2,1-2H3,(H,25,32)(H,27,31). The number of rotatable bonds is 8. The number of carbonyl (C=O) groups excluding carboxylic acids is 2. The van der Waals surface area contributed by atoms with Crippen LogP contribution in [-0.2, 0) is 11.2 Å². The lowest BCUT2D eigenvalue weighted by Gasteiger charge is -2.11. The minimum Gasteiger partial charge on any atom is -0.352 e. The van der Waals surface area contributed by atoms with E-state index in [0.29, 0.717) is 28.7 Å². The average Bonchev–Trinajstić information content (AvgIpc) is 3.22. The maximum absolute atomic E-state index is 12.7. The fraction of sp³-hybridized carbons (Fsp3) is 0.208. The molecule has 0 atom stereocenters. The van der Waals surface area contributed by atoms with Crippen LogP contribution >= 0.6 is 11.8 Å². The van der Waals surface area contributed by atoms with Gasteiger partial charge in [-0.3, -0.25) is 9.59 Å². The molecule has 2 aromatic carbocycles. The zero-order valence-corrected chi connectivity index (χ0v) is 19.2. The highest BCUT2D eigenvalue weighted by atomic mass is 32.2. The predicted octanol–water partition coefficient (Wildman–Crippen LogP) is 3.44. The molecule has 0 aliphatic carbocycles. The van der Waals surface area contributed by atoms with Crippen molar-refractivity contribution in [2.75, 3.05) is 17.6 Å². The van der Waals surface area contributed by atoms with E-state index in [-0.39, 0.29) is 17.6 Å². The molecule has 0 bridgehead atoms. The molecule has 4 aromatic rings. The molecule has 33 heavy (non-hydrogen) atoms. The number of para-hydroxylation sites is 1. The second-order valence-corrected chi connectivity index (χ2v) is 8.46. The minimum absolute atomic E-state index is 0.110. The first-order valence-electron chi connectivity index (χ1n) is 10.5. The van der Waals surface area contributed by atoms with Crippen molar-refractivity contribution in [3.8, 4) is 0 Å². The summed E-state index contributed by atoms with van der Waals surface area (Å²) in [6.07, 6.45) is 0.734. The van der Waals surface area contributed by atoms with Crippen molar-refractivity contribution in [3.05, 3.63) is 83.2 Å². The maximum atomic E-state index is 12.7. The summed E-state index contributed by atoms with van der Waals surface area (Å²) in [5, 5.41) is 10.6. The molecule has 2 heterocycles. The summed E-state index contributed by atoms with van der Waals surface area (Å²) in [5.74, 6) is 0.143. The second kappa shape index (κ2) is 10.3. The number of nitrogens with one attached hydrogen (secondary N) is 2. The van der Waals surface area contributed by atoms with Crippen LogP contribution in [-0.4, -0.2) is 43.7 Å². The highest BCUT2D eigenvalue weighted by Crippen LogP contribution is 2.18. The molecule has 0 spiro atoms. The number of thioether (sulfide) groups is 1. The fourth-order valence-electron chi connectivity index (χ4n) is 3.38. The highest BCUT2D eigenvalue weighted by Gasteiger charge is 2.15. The first-order valence-corrected chi connectivity index (χ1v) is 11.5. The lowest BCUT2D eigenvalue weighted by atomic mass is 10.1. The third-order valence-electron chi connectivity index (χ3n) is 4.92. The first-order chi connectivity index (χ1) is 16.0. The fourth-order valence-corrected chi connectivity index (χ4v) is 3.99. The zero-order valence-electron chi connectivity index (χ0n) is 18.4. The van der Waals surface area contributed by atoms with Crippen molar-refractivity contribution in [1.82, 2.24) is 24.9 Å². The molecule has 8 nitrogen and oxygen atoms in total. The van der Waals surface area contributed by atoms with Gasteiger partial charge in [-0.15, -0.1) is 5.10 Å². The van der Waals surface area contributed by atoms with E-state index in [2.05, 4.69) is 25.7 Å². The van der Waals surface area contributed by atoms with Gasteiger partial charge in [0.1, 0.15) is 0 Å². The Hall–Kier alpha value is -3.72. The number of fused-ring (bicyclic) bond motifs is 1. The minimum atomic E-state index is -0.246. The Kier molecular flexibility index (Phi) is 6.99. The third-order valence-corrected chi connectivity index (χ3v) is 5.76. The van der Waals surface area contributed by atoms with Crippen molar-refractivity contribution < 1.29 is 9.59 Å². The molecule has 0 radical (unpaired) electrons. The Morgan fingerprint density at radius 1 is 1.00 bits per heavy atom. The summed E-state index contributed by atoms with van der Waals surface area (Å²) >= 11 is 1.22. The molecule has 0 saturated heterocycles. The lowest BCUT2D eigenvalue weighted by molar-refractivity contribution is -0.113. The summed E-state index contributed by atoms with van der Waals surface area (Å²) in [4.78, 5) is 34.0. The molecular weight excluding hydrogens is 436 g/mol. The maximum Gasteiger partial charge on any atom is 0.253 e. The van der Waals surface area contributed by atoms with Crippen molar-refractivity contribution in [1.29, 1.82) is 0 Å². The highest BCUT2D eigenvalue weighted by molar-refractivity contribution is 7.99. The predicted molar refractivity (Wildman–Crippen MR) is 129 cm³/mol. The summed E-state index contributed by atoms with van der Waals surface area (Å²) in [5.41, 5.74) is 3.83. The van der Waals surface area contributed by atoms with E-state index < -0.39 is 0 Å². The van der Waals surface area contributed by atoms with Crippen molar-refractivity contribution in [2.24, 2.45) is 0 Å². The number of aryl methyl sites for hydroxylation is 2. The van der Waals surface area contributed by atoms with Gasteiger partial charge in [0.2, 0.25) is 11.1 Å². The molecule has 0 unspecified atom stereocenters. The van der Waals surface area contributed by atoms with E-state index in [1.165, 1.54) is 11.8 Å². The molecule has 9 heteroatoms. The van der Waals surface area contributed by atoms with Crippen molar-refractivity contribution in [2.45, 2.75) is 25.4 Å². The van der Waals surface area contributed by atoms with E-state index in [9.17, 15) is 9.59 Å². The van der Waals surface area contributed by atoms with Crippen LogP contribution in [0.2, 0.25) is 0 Å². The third kappa shape index (κ3) is 5.75. The smallest absolute Gasteiger partial charge is 0.253 e. The van der Waals surface area contributed by atoms with E-state index in [1.807, 2.05) is 50.2 Å². The topological polar surface area (TPSA) is 101 Å². The summed E-state index contributed by atoms with van der Waals surface area (Å²) < 4.78 is 1.66. The largest absolute Gasteiger partial charge is 0.352 e. The molecule has 0 fully saturated rings. The van der Waals surface area contributed by atoms with Crippen LogP contribution in [0.5, 0.6) is 0 Å². The van der Waals surface area contributed by atoms with Gasteiger partial charge in [0.25, 0.3) is 11.7 Å². The monoisotopic (exact) mass is 460 g/mol. The quantitative estimate of drug-likeness (QED) is 0.391. The Bertz CT molecular complexity index is 1290. The normalized spacial score (nSPS) is 10.8. The van der Waals surface area contributed by atoms with Crippen LogP contribution in [0.25, 0.3) is 5.78 Å². The molecule has 2 N–H and O–H groups in total. The van der Waals surface area contributed by atoms with Crippen LogP contribution in [0.4, 0.5) is 5.69 Å². The molecule has 0 aliphatic rings. The number of nitrogens with zero attached hydrogens (tertiary/aromatic N) is 4. The first kappa shape index (κ1) is 22.5. The number of anilines is 1. The summed E-state index contributed by atoms with van der Waals surface area (Å²) in [6, 6.07) is 18.8. The molecule has 4 rings (SSSR count). The number of hydrogen-bond acceptors (Lipinski definition) is 6. The van der Waals surface area contributed by atoms with Crippen molar-refractivity contribution in [3.63, 3.8) is 0 Å². The van der Waals surface area contributed by atoms with E-state index in [1.54, 1.807) is 28.8 Å². The summed E-state index contributed by atoms with van der Waals surface area (Å²) in [7, 11) is 0. The number of carbonyl (C=O) groups is 2. The van der Waals surface area contributed by atoms with Gasteiger partial charge in [-0.05, 0) is 44.0 Å². The number of hydrogen-bond donors (Lipinski definition) is 2. The molecule has 2 aromatic heterocycles. The van der Waals surface area contributed by atoms with Gasteiger partial charge in [0, 0.05) is 17.9 Å². The number of amides is 2. The van der Waals surface area contributed by atoms with Crippen molar-refractivity contribution >= 4 is 35.0 Å². The Morgan fingerprint density at radius 2 is 1.76 bits per heavy atom. The Labute approximate surface area is 195 Å². The van der Waals surface area contributed by atoms with Gasteiger partial charge in [0.15, 0.2) is 0 Å². The van der Waals surface area contributed by atoms with E-state index in [4.69, 9.17) is 0 Å². The van der Waals surface area contributed by atoms with Gasteiger partial charge in [-0.1, -0.05) is 54.2 Å². The number of aromatic nitrogens is 4. The number of benzene rings is 2. The molecule has 168 valence electrons. The van der Waals surface area contributed by atoms with Crippen LogP contribution in [0.1, 0.15) is 27.3 Å². The van der Waals surface area contributed by atoms with Gasteiger partial charge in [-0.25, -0.2) is 9.50 Å². The molecular formula is C24H24N6O2S. The van der Waals surface area contributed by atoms with Gasteiger partial charge in [0.05, 0.1) is 17.0 Å². The van der Waals surface area contributed by atoms with Crippen LogP contribution in [0.3, 0.4) is 0 Å². The van der Waals surface area contributed by atoms with Crippen LogP contribution in [0.15, 0.2) is 65.8 Å². The molecule has 2 amide bonds. The molecule has 0 aliphatic heterocycles. The summed E-state index contributed by atoms with van der Waals surface area (Å²) in [6.45, 7) is 4.34. The zero-order chi connectivity index (χ0) is 23.2. The SMILES string of the molecule is Cc1cc(C)n2nc(SCC(=O)Nc3ccccc3C(=O)NCCc3ccccc3)nc2n1. The van der Waals surface area contributed by atoms with Gasteiger partial charge in [-0.2, -0.15) is 4.98 Å². The Morgan fingerprint density at radius 3 is 2.58 bits per heavy atom. The van der Waals surface area contributed by atoms with Crippen LogP contribution in [0, 0.1) is 13.8 Å². The second-order valence-electron chi connectivity index (χ2n) is 7.52. The molecule has 0 saturated carbocycles. The van der Waals surface area contributed by atoms with Crippen LogP contribution < -0.4 is 10.6 Å². The van der Waals surface area contributed by atoms with E-state index >= 15 is 0 Å². The average molecular weight is 461 g/mol. The lowest BCUT2D eigenvalue weighted by Crippen LogP contribution is -2.27.